The first-order valence-electron chi connectivity index (χ1n) is 5.18. The molecular formula is C10H13F3N4O. The maximum absolute atomic E-state index is 12.4. The van der Waals surface area contributed by atoms with E-state index in [0.29, 0.717) is 0 Å². The number of nitrogens with one attached hydrogen (secondary N) is 1. The summed E-state index contributed by atoms with van der Waals surface area (Å²) in [7, 11) is 0. The van der Waals surface area contributed by atoms with Gasteiger partial charge >= 0.3 is 6.18 Å². The second-order valence-corrected chi connectivity index (χ2v) is 4.03. The fourth-order valence-electron chi connectivity index (χ4n) is 1.29. The van der Waals surface area contributed by atoms with Gasteiger partial charge in [0.25, 0.3) is 0 Å². The van der Waals surface area contributed by atoms with Gasteiger partial charge in [-0.05, 0) is 12.0 Å². The lowest BCUT2D eigenvalue weighted by Crippen LogP contribution is -2.40. The Morgan fingerprint density at radius 3 is 2.50 bits per heavy atom. The van der Waals surface area contributed by atoms with E-state index in [1.165, 1.54) is 0 Å². The number of primary amides is 1. The van der Waals surface area contributed by atoms with Crippen LogP contribution in [0.4, 0.5) is 19.1 Å². The lowest BCUT2D eigenvalue weighted by Gasteiger charge is -2.19. The van der Waals surface area contributed by atoms with Gasteiger partial charge in [-0.2, -0.15) is 13.2 Å². The van der Waals surface area contributed by atoms with Gasteiger partial charge in [-0.15, -0.1) is 0 Å². The predicted molar refractivity (Wildman–Crippen MR) is 58.5 cm³/mol. The summed E-state index contributed by atoms with van der Waals surface area (Å²) in [5.74, 6) is -1.14. The minimum atomic E-state index is -4.56. The highest BCUT2D eigenvalue weighted by atomic mass is 19.4. The zero-order chi connectivity index (χ0) is 13.9. The molecule has 0 fully saturated rings. The van der Waals surface area contributed by atoms with E-state index in [0.717, 1.165) is 12.3 Å². The molecule has 1 aromatic heterocycles. The molecule has 0 radical (unpaired) electrons. The second-order valence-electron chi connectivity index (χ2n) is 4.03. The molecule has 18 heavy (non-hydrogen) atoms. The van der Waals surface area contributed by atoms with E-state index in [9.17, 15) is 18.0 Å². The average Bonchev–Trinajstić information content (AvgIpc) is 2.24. The Labute approximate surface area is 102 Å². The predicted octanol–water partition coefficient (Wildman–Crippen LogP) is 1.42. The molecule has 8 heteroatoms. The van der Waals surface area contributed by atoms with Crippen molar-refractivity contribution in [2.75, 3.05) is 5.32 Å². The third kappa shape index (κ3) is 3.57. The zero-order valence-electron chi connectivity index (χ0n) is 9.82. The molecule has 1 rings (SSSR count). The van der Waals surface area contributed by atoms with Crippen LogP contribution in [0, 0.1) is 5.92 Å². The van der Waals surface area contributed by atoms with E-state index >= 15 is 0 Å². The number of aromatic nitrogens is 2. The molecule has 0 bridgehead atoms. The number of hydrogen-bond donors (Lipinski definition) is 2. The van der Waals surface area contributed by atoms with E-state index in [1.807, 2.05) is 0 Å². The minimum Gasteiger partial charge on any atom is -0.368 e. The van der Waals surface area contributed by atoms with Gasteiger partial charge in [0.15, 0.2) is 0 Å². The lowest BCUT2D eigenvalue weighted by atomic mass is 10.0. The Bertz CT molecular complexity index is 433. The standard InChI is InChI=1S/C10H13F3N4O/c1-5(2)7(8(14)18)17-9-15-4-3-6(16-9)10(11,12)13/h3-5,7H,1-2H3,(H2,14,18)(H,15,16,17). The number of amides is 1. The van der Waals surface area contributed by atoms with Crippen molar-refractivity contribution < 1.29 is 18.0 Å². The number of halogens is 3. The maximum Gasteiger partial charge on any atom is 0.433 e. The number of anilines is 1. The van der Waals surface area contributed by atoms with Gasteiger partial charge in [0.2, 0.25) is 11.9 Å². The summed E-state index contributed by atoms with van der Waals surface area (Å²) in [5.41, 5.74) is 4.05. The van der Waals surface area contributed by atoms with E-state index < -0.39 is 23.8 Å². The van der Waals surface area contributed by atoms with Crippen molar-refractivity contribution in [3.8, 4) is 0 Å². The van der Waals surface area contributed by atoms with Crippen molar-refractivity contribution in [1.29, 1.82) is 0 Å². The number of hydrogen-bond acceptors (Lipinski definition) is 4. The monoisotopic (exact) mass is 262 g/mol. The number of carbonyl (C=O) groups excluding carboxylic acids is 1. The molecule has 0 saturated heterocycles. The van der Waals surface area contributed by atoms with Crippen LogP contribution in [0.1, 0.15) is 19.5 Å². The number of nitrogens with zero attached hydrogens (tertiary/aromatic N) is 2. The summed E-state index contributed by atoms with van der Waals surface area (Å²) < 4.78 is 37.2. The highest BCUT2D eigenvalue weighted by Crippen LogP contribution is 2.27. The van der Waals surface area contributed by atoms with E-state index in [1.54, 1.807) is 13.8 Å². The smallest absolute Gasteiger partial charge is 0.368 e. The zero-order valence-corrected chi connectivity index (χ0v) is 9.82. The summed E-state index contributed by atoms with van der Waals surface area (Å²) in [5, 5.41) is 2.49. The van der Waals surface area contributed by atoms with Crippen LogP contribution in [0.3, 0.4) is 0 Å². The third-order valence-electron chi connectivity index (χ3n) is 2.20. The van der Waals surface area contributed by atoms with E-state index in [2.05, 4.69) is 15.3 Å². The fraction of sp³-hybridized carbons (Fsp3) is 0.500. The molecule has 1 unspecified atom stereocenters. The lowest BCUT2D eigenvalue weighted by molar-refractivity contribution is -0.141. The van der Waals surface area contributed by atoms with Gasteiger partial charge in [0.05, 0.1) is 0 Å². The second kappa shape index (κ2) is 5.19. The normalized spacial score (nSPS) is 13.4. The molecule has 3 N–H and O–H groups in total. The van der Waals surface area contributed by atoms with Crippen LogP contribution in [-0.2, 0) is 11.0 Å². The Morgan fingerprint density at radius 1 is 1.44 bits per heavy atom. The van der Waals surface area contributed by atoms with Crippen molar-refractivity contribution in [3.63, 3.8) is 0 Å². The molecule has 0 spiro atoms. The first kappa shape index (κ1) is 14.2. The maximum atomic E-state index is 12.4. The molecular weight excluding hydrogens is 249 g/mol. The summed E-state index contributed by atoms with van der Waals surface area (Å²) in [6.07, 6.45) is -3.59. The fourth-order valence-corrected chi connectivity index (χ4v) is 1.29. The molecule has 1 amide bonds. The number of rotatable bonds is 4. The van der Waals surface area contributed by atoms with Crippen LogP contribution in [0.25, 0.3) is 0 Å². The van der Waals surface area contributed by atoms with Gasteiger partial charge < -0.3 is 11.1 Å². The molecule has 0 saturated carbocycles. The quantitative estimate of drug-likeness (QED) is 0.859. The summed E-state index contributed by atoms with van der Waals surface area (Å²) >= 11 is 0. The van der Waals surface area contributed by atoms with Crippen LogP contribution in [0.5, 0.6) is 0 Å². The molecule has 1 aromatic rings. The summed E-state index contributed by atoms with van der Waals surface area (Å²) in [6, 6.07) is -0.0756. The Hall–Kier alpha value is -1.86. The van der Waals surface area contributed by atoms with Crippen molar-refractivity contribution >= 4 is 11.9 Å². The molecule has 5 nitrogen and oxygen atoms in total. The van der Waals surface area contributed by atoms with Crippen molar-refractivity contribution in [2.45, 2.75) is 26.1 Å². The van der Waals surface area contributed by atoms with Crippen molar-refractivity contribution in [3.05, 3.63) is 18.0 Å². The van der Waals surface area contributed by atoms with Crippen LogP contribution in [0.15, 0.2) is 12.3 Å². The first-order chi connectivity index (χ1) is 8.21. The molecule has 1 heterocycles. The van der Waals surface area contributed by atoms with Crippen molar-refractivity contribution in [2.24, 2.45) is 11.7 Å². The largest absolute Gasteiger partial charge is 0.433 e. The van der Waals surface area contributed by atoms with Crippen LogP contribution < -0.4 is 11.1 Å². The molecule has 0 aliphatic rings. The average molecular weight is 262 g/mol. The van der Waals surface area contributed by atoms with Gasteiger partial charge in [-0.25, -0.2) is 9.97 Å². The summed E-state index contributed by atoms with van der Waals surface area (Å²) in [6.45, 7) is 3.41. The van der Waals surface area contributed by atoms with Gasteiger partial charge in [0.1, 0.15) is 11.7 Å². The van der Waals surface area contributed by atoms with E-state index in [4.69, 9.17) is 5.73 Å². The molecule has 1 atom stereocenters. The number of alkyl halides is 3. The van der Waals surface area contributed by atoms with Crippen LogP contribution in [0.2, 0.25) is 0 Å². The summed E-state index contributed by atoms with van der Waals surface area (Å²) in [4.78, 5) is 18.0. The minimum absolute atomic E-state index is 0.194. The number of nitrogens with two attached hydrogens (primary N) is 1. The highest BCUT2D eigenvalue weighted by Gasteiger charge is 2.33. The van der Waals surface area contributed by atoms with Gasteiger partial charge in [0, 0.05) is 6.20 Å². The highest BCUT2D eigenvalue weighted by molar-refractivity contribution is 5.82. The third-order valence-corrected chi connectivity index (χ3v) is 2.20. The Kier molecular flexibility index (Phi) is 4.10. The number of carbonyl (C=O) groups is 1. The van der Waals surface area contributed by atoms with Crippen molar-refractivity contribution in [1.82, 2.24) is 9.97 Å². The van der Waals surface area contributed by atoms with Crippen LogP contribution in [-0.4, -0.2) is 21.9 Å². The van der Waals surface area contributed by atoms with Gasteiger partial charge in [-0.3, -0.25) is 4.79 Å². The Balaban J connectivity index is 2.94. The topological polar surface area (TPSA) is 80.9 Å². The Morgan fingerprint density at radius 2 is 2.06 bits per heavy atom. The molecule has 100 valence electrons. The molecule has 0 aromatic carbocycles. The first-order valence-corrected chi connectivity index (χ1v) is 5.18. The molecule has 0 aliphatic carbocycles. The van der Waals surface area contributed by atoms with Crippen LogP contribution >= 0.6 is 0 Å². The van der Waals surface area contributed by atoms with Gasteiger partial charge in [-0.1, -0.05) is 13.8 Å². The SMILES string of the molecule is CC(C)C(Nc1nccc(C(F)(F)F)n1)C(N)=O. The van der Waals surface area contributed by atoms with E-state index in [-0.39, 0.29) is 11.9 Å². The molecule has 0 aliphatic heterocycles.